The summed E-state index contributed by atoms with van der Waals surface area (Å²) in [6, 6.07) is 4.41. The smallest absolute Gasteiger partial charge is 0.232 e. The molecule has 1 rings (SSSR count). The van der Waals surface area contributed by atoms with Gasteiger partial charge in [-0.15, -0.1) is 0 Å². The summed E-state index contributed by atoms with van der Waals surface area (Å²) in [5.41, 5.74) is 0. The van der Waals surface area contributed by atoms with Gasteiger partial charge in [-0.25, -0.2) is 12.8 Å². The lowest BCUT2D eigenvalue weighted by molar-refractivity contribution is 0.252. The van der Waals surface area contributed by atoms with E-state index in [0.717, 1.165) is 6.42 Å². The van der Waals surface area contributed by atoms with Gasteiger partial charge in [0.05, 0.1) is 16.8 Å². The maximum absolute atomic E-state index is 13.3. The fraction of sp³-hybridized carbons (Fsp3) is 0.500. The van der Waals surface area contributed by atoms with Crippen LogP contribution in [0.25, 0.3) is 0 Å². The Labute approximate surface area is 125 Å². The zero-order chi connectivity index (χ0) is 14.5. The maximum atomic E-state index is 13.3. The van der Waals surface area contributed by atoms with Gasteiger partial charge in [-0.1, -0.05) is 13.3 Å². The standard InChI is InChI=1S/C12H15BrClFO3S/c1-2-3-9(8-19(14,16)17)7-18-10-4-5-11(13)12(15)6-10/h4-6,9H,2-3,7-8H2,1H3. The normalized spacial score (nSPS) is 13.3. The number of halogens is 3. The molecular weight excluding hydrogens is 359 g/mol. The molecule has 0 saturated carbocycles. The molecule has 0 N–H and O–H groups in total. The lowest BCUT2D eigenvalue weighted by Gasteiger charge is -2.15. The summed E-state index contributed by atoms with van der Waals surface area (Å²) in [5.74, 6) is -0.385. The second kappa shape index (κ2) is 7.45. The van der Waals surface area contributed by atoms with Crippen LogP contribution in [-0.2, 0) is 9.05 Å². The number of benzene rings is 1. The summed E-state index contributed by atoms with van der Waals surface area (Å²) in [6.45, 7) is 2.15. The first-order chi connectivity index (χ1) is 8.81. The van der Waals surface area contributed by atoms with Crippen LogP contribution in [0.5, 0.6) is 5.75 Å². The Balaban J connectivity index is 2.62. The Morgan fingerprint density at radius 2 is 2.16 bits per heavy atom. The van der Waals surface area contributed by atoms with Gasteiger partial charge in [0.25, 0.3) is 0 Å². The highest BCUT2D eigenvalue weighted by Gasteiger charge is 2.17. The first-order valence-corrected chi connectivity index (χ1v) is 9.09. The number of ether oxygens (including phenoxy) is 1. The van der Waals surface area contributed by atoms with Crippen LogP contribution in [0.2, 0.25) is 0 Å². The molecule has 19 heavy (non-hydrogen) atoms. The second-order valence-electron chi connectivity index (χ2n) is 4.25. The van der Waals surface area contributed by atoms with E-state index in [9.17, 15) is 12.8 Å². The molecule has 0 saturated heterocycles. The zero-order valence-electron chi connectivity index (χ0n) is 10.4. The van der Waals surface area contributed by atoms with Crippen molar-refractivity contribution in [3.63, 3.8) is 0 Å². The first kappa shape index (κ1) is 16.7. The highest BCUT2D eigenvalue weighted by Crippen LogP contribution is 2.22. The van der Waals surface area contributed by atoms with Gasteiger partial charge in [0.15, 0.2) is 0 Å². The van der Waals surface area contributed by atoms with Crippen LogP contribution in [0, 0.1) is 11.7 Å². The molecule has 1 unspecified atom stereocenters. The van der Waals surface area contributed by atoms with E-state index in [1.807, 2.05) is 6.92 Å². The quantitative estimate of drug-likeness (QED) is 0.680. The topological polar surface area (TPSA) is 43.4 Å². The fourth-order valence-corrected chi connectivity index (χ4v) is 3.29. The molecule has 0 aliphatic rings. The third-order valence-corrected chi connectivity index (χ3v) is 4.40. The number of hydrogen-bond acceptors (Lipinski definition) is 3. The maximum Gasteiger partial charge on any atom is 0.232 e. The van der Waals surface area contributed by atoms with Gasteiger partial charge in [-0.05, 0) is 34.5 Å². The molecular formula is C12H15BrClFO3S. The summed E-state index contributed by atoms with van der Waals surface area (Å²) in [4.78, 5) is 0. The minimum absolute atomic E-state index is 0.137. The lowest BCUT2D eigenvalue weighted by atomic mass is 10.1. The Kier molecular flexibility index (Phi) is 6.56. The molecule has 0 radical (unpaired) electrons. The molecule has 108 valence electrons. The van der Waals surface area contributed by atoms with Crippen molar-refractivity contribution in [2.24, 2.45) is 5.92 Å². The first-order valence-electron chi connectivity index (χ1n) is 5.82. The molecule has 1 aromatic rings. The van der Waals surface area contributed by atoms with E-state index in [0.29, 0.717) is 16.6 Å². The minimum Gasteiger partial charge on any atom is -0.493 e. The van der Waals surface area contributed by atoms with Crippen LogP contribution in [0.15, 0.2) is 22.7 Å². The van der Waals surface area contributed by atoms with Crippen molar-refractivity contribution in [1.29, 1.82) is 0 Å². The monoisotopic (exact) mass is 372 g/mol. The molecule has 0 fully saturated rings. The Morgan fingerprint density at radius 3 is 2.68 bits per heavy atom. The Morgan fingerprint density at radius 1 is 1.47 bits per heavy atom. The molecule has 1 atom stereocenters. The minimum atomic E-state index is -3.55. The predicted octanol–water partition coefficient (Wildman–Crippen LogP) is 3.95. The third kappa shape index (κ3) is 6.58. The zero-order valence-corrected chi connectivity index (χ0v) is 13.6. The molecule has 7 heteroatoms. The van der Waals surface area contributed by atoms with Crippen molar-refractivity contribution in [3.05, 3.63) is 28.5 Å². The van der Waals surface area contributed by atoms with Gasteiger partial charge in [-0.2, -0.15) is 0 Å². The molecule has 3 nitrogen and oxygen atoms in total. The van der Waals surface area contributed by atoms with Crippen LogP contribution in [0.4, 0.5) is 4.39 Å². The fourth-order valence-electron chi connectivity index (χ4n) is 1.69. The van der Waals surface area contributed by atoms with Crippen molar-refractivity contribution < 1.29 is 17.5 Å². The molecule has 0 bridgehead atoms. The van der Waals surface area contributed by atoms with Gasteiger partial charge in [0.1, 0.15) is 11.6 Å². The number of hydrogen-bond donors (Lipinski definition) is 0. The summed E-state index contributed by atoms with van der Waals surface area (Å²) in [6.07, 6.45) is 1.51. The van der Waals surface area contributed by atoms with Crippen molar-refractivity contribution in [3.8, 4) is 5.75 Å². The van der Waals surface area contributed by atoms with E-state index in [1.54, 1.807) is 6.07 Å². The van der Waals surface area contributed by atoms with E-state index in [-0.39, 0.29) is 18.3 Å². The highest BCUT2D eigenvalue weighted by molar-refractivity contribution is 9.10. The van der Waals surface area contributed by atoms with Crippen LogP contribution in [0.3, 0.4) is 0 Å². The molecule has 0 aliphatic heterocycles. The largest absolute Gasteiger partial charge is 0.493 e. The van der Waals surface area contributed by atoms with Gasteiger partial charge >= 0.3 is 0 Å². The summed E-state index contributed by atoms with van der Waals surface area (Å²) >= 11 is 3.05. The van der Waals surface area contributed by atoms with Gasteiger partial charge in [0.2, 0.25) is 9.05 Å². The van der Waals surface area contributed by atoms with Gasteiger partial charge in [-0.3, -0.25) is 0 Å². The summed E-state index contributed by atoms with van der Waals surface area (Å²) in [5, 5.41) is 0. The molecule has 0 amide bonds. The second-order valence-corrected chi connectivity index (χ2v) is 7.92. The van der Waals surface area contributed by atoms with Gasteiger partial charge < -0.3 is 4.74 Å². The molecule has 0 spiro atoms. The van der Waals surface area contributed by atoms with Crippen molar-refractivity contribution in [1.82, 2.24) is 0 Å². The third-order valence-electron chi connectivity index (χ3n) is 2.51. The van der Waals surface area contributed by atoms with Crippen molar-refractivity contribution >= 4 is 35.7 Å². The van der Waals surface area contributed by atoms with E-state index in [4.69, 9.17) is 15.4 Å². The van der Waals surface area contributed by atoms with Crippen LogP contribution in [0.1, 0.15) is 19.8 Å². The Bertz CT molecular complexity index is 522. The van der Waals surface area contributed by atoms with Crippen molar-refractivity contribution in [2.45, 2.75) is 19.8 Å². The summed E-state index contributed by atoms with van der Waals surface area (Å²) < 4.78 is 41.2. The molecule has 1 aromatic carbocycles. The average Bonchev–Trinajstić information content (AvgIpc) is 2.29. The average molecular weight is 374 g/mol. The van der Waals surface area contributed by atoms with Gasteiger partial charge in [0, 0.05) is 22.7 Å². The summed E-state index contributed by atoms with van der Waals surface area (Å²) in [7, 11) is 1.69. The highest BCUT2D eigenvalue weighted by atomic mass is 79.9. The van der Waals surface area contributed by atoms with E-state index < -0.39 is 14.9 Å². The van der Waals surface area contributed by atoms with Crippen LogP contribution in [-0.4, -0.2) is 20.8 Å². The van der Waals surface area contributed by atoms with Crippen molar-refractivity contribution in [2.75, 3.05) is 12.4 Å². The molecule has 0 aromatic heterocycles. The Hall–Kier alpha value is -0.330. The number of rotatable bonds is 7. The predicted molar refractivity (Wildman–Crippen MR) is 77.6 cm³/mol. The molecule has 0 aliphatic carbocycles. The molecule has 0 heterocycles. The van der Waals surface area contributed by atoms with Crippen LogP contribution < -0.4 is 4.74 Å². The van der Waals surface area contributed by atoms with E-state index in [2.05, 4.69) is 15.9 Å². The van der Waals surface area contributed by atoms with E-state index in [1.165, 1.54) is 12.1 Å². The van der Waals surface area contributed by atoms with Crippen LogP contribution >= 0.6 is 26.6 Å². The lowest BCUT2D eigenvalue weighted by Crippen LogP contribution is -2.19. The van der Waals surface area contributed by atoms with E-state index >= 15 is 0 Å². The SMILES string of the molecule is CCCC(COc1ccc(Br)c(F)c1)CS(=O)(=O)Cl.